The maximum atomic E-state index is 13.0. The SMILES string of the molecule is O=C(COc1ccc(Cl)c(Cl)c1)NC12CCC(NC(=O)[C@H]3COc4cc(Cl)ccc4O3)(CC1)C[C@H]2O. The standard InChI is InChI=1S/C25H25Cl3N2O6/c26-14-1-4-18-19(9-14)35-12-20(36-18)23(33)30-24-5-7-25(8-6-24,21(31)11-24)29-22(32)13-34-15-2-3-16(27)17(28)10-15/h1-4,9-10,20-21,31H,5-8,11-13H2,(H,29,32)(H,30,33)/t20-,21-,24?,25?/m1/s1. The van der Waals surface area contributed by atoms with Crippen LogP contribution in [0.1, 0.15) is 32.1 Å². The van der Waals surface area contributed by atoms with Gasteiger partial charge in [0.15, 0.2) is 18.1 Å². The largest absolute Gasteiger partial charge is 0.485 e. The zero-order chi connectivity index (χ0) is 25.5. The summed E-state index contributed by atoms with van der Waals surface area (Å²) in [5, 5.41) is 18.3. The summed E-state index contributed by atoms with van der Waals surface area (Å²) in [4.78, 5) is 25.7. The first-order chi connectivity index (χ1) is 17.2. The number of carbonyl (C=O) groups is 2. The lowest BCUT2D eigenvalue weighted by Crippen LogP contribution is -2.71. The van der Waals surface area contributed by atoms with Crippen molar-refractivity contribution in [2.45, 2.75) is 55.4 Å². The molecule has 6 rings (SSSR count). The zero-order valence-corrected chi connectivity index (χ0v) is 21.5. The lowest BCUT2D eigenvalue weighted by molar-refractivity contribution is -0.140. The predicted octanol–water partition coefficient (Wildman–Crippen LogP) is 3.91. The molecule has 2 aromatic rings. The van der Waals surface area contributed by atoms with Crippen LogP contribution in [0.25, 0.3) is 0 Å². The van der Waals surface area contributed by atoms with Crippen LogP contribution >= 0.6 is 34.8 Å². The van der Waals surface area contributed by atoms with E-state index in [9.17, 15) is 14.7 Å². The molecule has 2 aromatic carbocycles. The third kappa shape index (κ3) is 5.05. The zero-order valence-electron chi connectivity index (χ0n) is 19.2. The Morgan fingerprint density at radius 3 is 2.50 bits per heavy atom. The van der Waals surface area contributed by atoms with Gasteiger partial charge < -0.3 is 30.0 Å². The fraction of sp³-hybridized carbons (Fsp3) is 0.440. The molecule has 1 heterocycles. The van der Waals surface area contributed by atoms with Crippen molar-refractivity contribution in [2.75, 3.05) is 13.2 Å². The molecule has 3 N–H and O–H groups in total. The number of nitrogens with one attached hydrogen (secondary N) is 2. The smallest absolute Gasteiger partial charge is 0.265 e. The lowest BCUT2D eigenvalue weighted by Gasteiger charge is -2.56. The third-order valence-electron chi connectivity index (χ3n) is 7.22. The molecule has 0 unspecified atom stereocenters. The van der Waals surface area contributed by atoms with Crippen LogP contribution in [-0.2, 0) is 9.59 Å². The van der Waals surface area contributed by atoms with Crippen LogP contribution in [-0.4, -0.2) is 53.4 Å². The fourth-order valence-corrected chi connectivity index (χ4v) is 5.66. The Labute approximate surface area is 223 Å². The lowest BCUT2D eigenvalue weighted by atomic mass is 9.60. The van der Waals surface area contributed by atoms with Crippen molar-refractivity contribution in [3.63, 3.8) is 0 Å². The molecule has 192 valence electrons. The van der Waals surface area contributed by atoms with Gasteiger partial charge in [-0.05, 0) is 56.4 Å². The van der Waals surface area contributed by atoms with Gasteiger partial charge in [-0.25, -0.2) is 0 Å². The topological polar surface area (TPSA) is 106 Å². The molecular weight excluding hydrogens is 531 g/mol. The summed E-state index contributed by atoms with van der Waals surface area (Å²) < 4.78 is 17.0. The van der Waals surface area contributed by atoms with Crippen molar-refractivity contribution in [1.29, 1.82) is 0 Å². The number of hydrogen-bond acceptors (Lipinski definition) is 6. The van der Waals surface area contributed by atoms with Gasteiger partial charge in [0.25, 0.3) is 11.8 Å². The second-order valence-corrected chi connectivity index (χ2v) is 10.8. The molecule has 2 bridgehead atoms. The number of carbonyl (C=O) groups excluding carboxylic acids is 2. The molecule has 36 heavy (non-hydrogen) atoms. The van der Waals surface area contributed by atoms with Gasteiger partial charge in [-0.15, -0.1) is 0 Å². The van der Waals surface area contributed by atoms with Gasteiger partial charge in [0.1, 0.15) is 12.4 Å². The maximum Gasteiger partial charge on any atom is 0.265 e. The predicted molar refractivity (Wildman–Crippen MR) is 134 cm³/mol. The highest BCUT2D eigenvalue weighted by Gasteiger charge is 2.55. The van der Waals surface area contributed by atoms with Gasteiger partial charge >= 0.3 is 0 Å². The highest BCUT2D eigenvalue weighted by atomic mass is 35.5. The van der Waals surface area contributed by atoms with E-state index in [4.69, 9.17) is 49.0 Å². The van der Waals surface area contributed by atoms with Crippen LogP contribution in [0.5, 0.6) is 17.2 Å². The summed E-state index contributed by atoms with van der Waals surface area (Å²) in [5.41, 5.74) is -1.32. The minimum atomic E-state index is -0.819. The average molecular weight is 556 g/mol. The van der Waals surface area contributed by atoms with E-state index in [1.807, 2.05) is 0 Å². The van der Waals surface area contributed by atoms with Crippen molar-refractivity contribution in [1.82, 2.24) is 10.6 Å². The molecule has 3 aliphatic carbocycles. The van der Waals surface area contributed by atoms with Crippen LogP contribution < -0.4 is 24.8 Å². The Balaban J connectivity index is 1.16. The first-order valence-electron chi connectivity index (χ1n) is 11.7. The molecule has 11 heteroatoms. The number of aliphatic hydroxyl groups is 1. The van der Waals surface area contributed by atoms with E-state index in [2.05, 4.69) is 10.6 Å². The summed E-state index contributed by atoms with van der Waals surface area (Å²) in [5.74, 6) is 0.743. The van der Waals surface area contributed by atoms with Crippen molar-refractivity contribution < 1.29 is 28.9 Å². The molecular formula is C25H25Cl3N2O6. The Hall–Kier alpha value is -2.39. The van der Waals surface area contributed by atoms with Crippen molar-refractivity contribution in [3.8, 4) is 17.2 Å². The molecule has 0 radical (unpaired) electrons. The van der Waals surface area contributed by atoms with Crippen LogP contribution in [0, 0.1) is 0 Å². The number of amides is 2. The van der Waals surface area contributed by atoms with E-state index in [0.29, 0.717) is 64.4 Å². The van der Waals surface area contributed by atoms with Gasteiger partial charge in [-0.1, -0.05) is 34.8 Å². The number of hydrogen-bond donors (Lipinski definition) is 3. The molecule has 0 saturated heterocycles. The second-order valence-electron chi connectivity index (χ2n) is 9.57. The minimum Gasteiger partial charge on any atom is -0.485 e. The molecule has 2 atom stereocenters. The van der Waals surface area contributed by atoms with Gasteiger partial charge in [-0.2, -0.15) is 0 Å². The number of halogens is 3. The normalized spacial score (nSPS) is 28.3. The van der Waals surface area contributed by atoms with Gasteiger partial charge in [0.05, 0.1) is 21.7 Å². The Morgan fingerprint density at radius 1 is 1.00 bits per heavy atom. The van der Waals surface area contributed by atoms with E-state index in [1.54, 1.807) is 30.3 Å². The molecule has 0 aromatic heterocycles. The molecule has 3 fully saturated rings. The van der Waals surface area contributed by atoms with Crippen molar-refractivity contribution in [2.24, 2.45) is 0 Å². The van der Waals surface area contributed by atoms with Crippen LogP contribution in [0.3, 0.4) is 0 Å². The molecule has 2 amide bonds. The van der Waals surface area contributed by atoms with E-state index in [1.165, 1.54) is 6.07 Å². The Bertz CT molecular complexity index is 1180. The Kier molecular flexibility index (Phi) is 6.89. The van der Waals surface area contributed by atoms with Gasteiger partial charge in [-0.3, -0.25) is 9.59 Å². The van der Waals surface area contributed by atoms with E-state index >= 15 is 0 Å². The quantitative estimate of drug-likeness (QED) is 0.499. The van der Waals surface area contributed by atoms with E-state index in [0.717, 1.165) is 0 Å². The Morgan fingerprint density at radius 2 is 1.78 bits per heavy atom. The van der Waals surface area contributed by atoms with Crippen LogP contribution in [0.15, 0.2) is 36.4 Å². The average Bonchev–Trinajstić information content (AvgIpc) is 2.85. The highest BCUT2D eigenvalue weighted by molar-refractivity contribution is 6.42. The van der Waals surface area contributed by atoms with Crippen LogP contribution in [0.4, 0.5) is 0 Å². The van der Waals surface area contributed by atoms with E-state index < -0.39 is 23.3 Å². The van der Waals surface area contributed by atoms with Gasteiger partial charge in [0, 0.05) is 22.7 Å². The molecule has 1 aliphatic heterocycles. The highest BCUT2D eigenvalue weighted by Crippen LogP contribution is 2.47. The number of rotatable bonds is 6. The summed E-state index contributed by atoms with van der Waals surface area (Å²) in [6.45, 7) is -0.156. The summed E-state index contributed by atoms with van der Waals surface area (Å²) in [6.07, 6.45) is 0.976. The number of ether oxygens (including phenoxy) is 3. The molecule has 0 spiro atoms. The number of benzene rings is 2. The van der Waals surface area contributed by atoms with E-state index in [-0.39, 0.29) is 25.0 Å². The van der Waals surface area contributed by atoms with Crippen LogP contribution in [0.2, 0.25) is 15.1 Å². The monoisotopic (exact) mass is 554 g/mol. The van der Waals surface area contributed by atoms with Crippen molar-refractivity contribution in [3.05, 3.63) is 51.5 Å². The third-order valence-corrected chi connectivity index (χ3v) is 8.19. The second kappa shape index (κ2) is 9.82. The minimum absolute atomic E-state index is 0.0661. The fourth-order valence-electron chi connectivity index (χ4n) is 5.21. The summed E-state index contributed by atoms with van der Waals surface area (Å²) in [7, 11) is 0. The first kappa shape index (κ1) is 25.3. The molecule has 8 nitrogen and oxygen atoms in total. The van der Waals surface area contributed by atoms with Crippen molar-refractivity contribution >= 4 is 46.6 Å². The number of aliphatic hydroxyl groups excluding tert-OH is 1. The summed E-state index contributed by atoms with van der Waals surface area (Å²) >= 11 is 17.9. The first-order valence-corrected chi connectivity index (χ1v) is 12.8. The molecule has 3 saturated carbocycles. The number of fused-ring (bicyclic) bond motifs is 4. The maximum absolute atomic E-state index is 13.0. The molecule has 4 aliphatic rings. The summed E-state index contributed by atoms with van der Waals surface area (Å²) in [6, 6.07) is 9.74. The van der Waals surface area contributed by atoms with Gasteiger partial charge in [0.2, 0.25) is 6.10 Å².